The SMILES string of the molecule is CC(C)C(C)C=CC(C)C1CCC2C3CCC4CC=CCC4(C)C3C(=O)CC12C. The number of allylic oxidation sites excluding steroid dienone is 4. The third-order valence-electron chi connectivity index (χ3n) is 10.4. The summed E-state index contributed by atoms with van der Waals surface area (Å²) in [6.07, 6.45) is 18.2. The Bertz CT molecular complexity index is 686. The van der Waals surface area contributed by atoms with Crippen molar-refractivity contribution in [3.05, 3.63) is 24.3 Å². The zero-order valence-corrected chi connectivity index (χ0v) is 19.8. The summed E-state index contributed by atoms with van der Waals surface area (Å²) >= 11 is 0. The van der Waals surface area contributed by atoms with Crippen LogP contribution in [0.15, 0.2) is 24.3 Å². The quantitative estimate of drug-likeness (QED) is 0.450. The Morgan fingerprint density at radius 3 is 2.45 bits per heavy atom. The van der Waals surface area contributed by atoms with E-state index in [4.69, 9.17) is 0 Å². The molecule has 0 aromatic heterocycles. The molecule has 1 nitrogen and oxygen atoms in total. The molecule has 162 valence electrons. The Kier molecular flexibility index (Phi) is 5.67. The molecule has 0 radical (unpaired) electrons. The van der Waals surface area contributed by atoms with Crippen LogP contribution in [0.1, 0.15) is 86.5 Å². The molecular weight excluding hydrogens is 352 g/mol. The number of carbonyl (C=O) groups excluding carboxylic acids is 1. The number of carbonyl (C=O) groups is 1. The highest BCUT2D eigenvalue weighted by atomic mass is 16.1. The van der Waals surface area contributed by atoms with Gasteiger partial charge < -0.3 is 0 Å². The smallest absolute Gasteiger partial charge is 0.137 e. The van der Waals surface area contributed by atoms with Crippen LogP contribution < -0.4 is 0 Å². The molecule has 0 spiro atoms. The first-order valence-electron chi connectivity index (χ1n) is 12.5. The zero-order valence-electron chi connectivity index (χ0n) is 19.8. The summed E-state index contributed by atoms with van der Waals surface area (Å²) in [6.45, 7) is 14.3. The molecular formula is C28H44O. The third kappa shape index (κ3) is 3.39. The molecule has 4 aliphatic carbocycles. The molecule has 0 saturated heterocycles. The number of hydrogen-bond donors (Lipinski definition) is 0. The largest absolute Gasteiger partial charge is 0.299 e. The monoisotopic (exact) mass is 396 g/mol. The fourth-order valence-corrected chi connectivity index (χ4v) is 8.27. The van der Waals surface area contributed by atoms with Crippen LogP contribution in [0.3, 0.4) is 0 Å². The van der Waals surface area contributed by atoms with Crippen LogP contribution in [0.5, 0.6) is 0 Å². The molecule has 4 rings (SSSR count). The van der Waals surface area contributed by atoms with Crippen LogP contribution in [0.4, 0.5) is 0 Å². The summed E-state index contributed by atoms with van der Waals surface area (Å²) in [5.74, 6) is 5.67. The van der Waals surface area contributed by atoms with Crippen LogP contribution in [-0.2, 0) is 4.79 Å². The first-order valence-corrected chi connectivity index (χ1v) is 12.5. The van der Waals surface area contributed by atoms with Crippen molar-refractivity contribution in [1.29, 1.82) is 0 Å². The standard InChI is InChI=1S/C28H44O/c1-18(2)19(3)10-11-20(4)23-14-15-24-22-13-12-21-9-7-8-16-27(21,5)26(22)25(29)17-28(23,24)6/h7-8,10-11,18-24,26H,9,12-17H2,1-6H3. The highest BCUT2D eigenvalue weighted by molar-refractivity contribution is 5.84. The van der Waals surface area contributed by atoms with Crippen molar-refractivity contribution >= 4 is 5.78 Å². The minimum Gasteiger partial charge on any atom is -0.299 e. The van der Waals surface area contributed by atoms with Gasteiger partial charge in [-0.25, -0.2) is 0 Å². The van der Waals surface area contributed by atoms with Gasteiger partial charge in [0.2, 0.25) is 0 Å². The predicted molar refractivity (Wildman–Crippen MR) is 122 cm³/mol. The number of Topliss-reactive ketones (excluding diaryl/α,β-unsaturated/α-hetero) is 1. The minimum absolute atomic E-state index is 0.219. The number of rotatable bonds is 4. The lowest BCUT2D eigenvalue weighted by Gasteiger charge is -2.59. The zero-order chi connectivity index (χ0) is 21.0. The van der Waals surface area contributed by atoms with Crippen LogP contribution in [-0.4, -0.2) is 5.78 Å². The van der Waals surface area contributed by atoms with Gasteiger partial charge >= 0.3 is 0 Å². The van der Waals surface area contributed by atoms with Crippen molar-refractivity contribution < 1.29 is 4.79 Å². The molecule has 3 saturated carbocycles. The van der Waals surface area contributed by atoms with Gasteiger partial charge in [0.15, 0.2) is 0 Å². The van der Waals surface area contributed by atoms with Crippen molar-refractivity contribution in [2.24, 2.45) is 58.2 Å². The topological polar surface area (TPSA) is 17.1 Å². The Morgan fingerprint density at radius 2 is 1.72 bits per heavy atom. The van der Waals surface area contributed by atoms with Crippen molar-refractivity contribution in [3.8, 4) is 0 Å². The van der Waals surface area contributed by atoms with E-state index in [0.717, 1.165) is 24.7 Å². The van der Waals surface area contributed by atoms with Crippen LogP contribution in [0.2, 0.25) is 0 Å². The van der Waals surface area contributed by atoms with E-state index in [2.05, 4.69) is 65.8 Å². The van der Waals surface area contributed by atoms with E-state index in [0.29, 0.717) is 41.3 Å². The van der Waals surface area contributed by atoms with Gasteiger partial charge in [-0.3, -0.25) is 4.79 Å². The van der Waals surface area contributed by atoms with Crippen LogP contribution in [0.25, 0.3) is 0 Å². The second-order valence-electron chi connectivity index (χ2n) is 12.1. The average Bonchev–Trinajstić information content (AvgIpc) is 3.01. The lowest BCUT2D eigenvalue weighted by atomic mass is 9.45. The maximum absolute atomic E-state index is 13.7. The summed E-state index contributed by atoms with van der Waals surface area (Å²) in [6, 6.07) is 0. The molecule has 0 amide bonds. The fourth-order valence-electron chi connectivity index (χ4n) is 8.27. The van der Waals surface area contributed by atoms with E-state index in [-0.39, 0.29) is 10.8 Å². The first-order chi connectivity index (χ1) is 13.7. The Hall–Kier alpha value is -0.850. The van der Waals surface area contributed by atoms with Gasteiger partial charge in [0, 0.05) is 12.3 Å². The number of hydrogen-bond acceptors (Lipinski definition) is 1. The molecule has 0 aliphatic heterocycles. The summed E-state index contributed by atoms with van der Waals surface area (Å²) in [5, 5.41) is 0. The molecule has 4 aliphatic rings. The van der Waals surface area contributed by atoms with E-state index in [1.54, 1.807) is 0 Å². The molecule has 0 heterocycles. The summed E-state index contributed by atoms with van der Waals surface area (Å²) in [7, 11) is 0. The lowest BCUT2D eigenvalue weighted by molar-refractivity contribution is -0.154. The predicted octanol–water partition coefficient (Wildman–Crippen LogP) is 7.47. The number of ketones is 1. The van der Waals surface area contributed by atoms with Crippen LogP contribution >= 0.6 is 0 Å². The van der Waals surface area contributed by atoms with E-state index in [1.165, 1.54) is 32.1 Å². The van der Waals surface area contributed by atoms with Gasteiger partial charge in [-0.15, -0.1) is 0 Å². The molecule has 3 fully saturated rings. The summed E-state index contributed by atoms with van der Waals surface area (Å²) in [5.41, 5.74) is 0.448. The summed E-state index contributed by atoms with van der Waals surface area (Å²) in [4.78, 5) is 13.7. The Labute approximate surface area is 179 Å². The van der Waals surface area contributed by atoms with E-state index in [1.807, 2.05) is 0 Å². The Balaban J connectivity index is 1.57. The molecule has 29 heavy (non-hydrogen) atoms. The highest BCUT2D eigenvalue weighted by Crippen LogP contribution is 2.66. The van der Waals surface area contributed by atoms with Gasteiger partial charge in [0.05, 0.1) is 0 Å². The van der Waals surface area contributed by atoms with Gasteiger partial charge in [-0.2, -0.15) is 0 Å². The Morgan fingerprint density at radius 1 is 0.966 bits per heavy atom. The maximum Gasteiger partial charge on any atom is 0.137 e. The van der Waals surface area contributed by atoms with Gasteiger partial charge in [-0.1, -0.05) is 65.8 Å². The molecule has 0 aromatic rings. The fraction of sp³-hybridized carbons (Fsp3) is 0.821. The number of fused-ring (bicyclic) bond motifs is 5. The third-order valence-corrected chi connectivity index (χ3v) is 10.4. The van der Waals surface area contributed by atoms with Gasteiger partial charge in [-0.05, 0) is 90.8 Å². The normalized spacial score (nSPS) is 46.4. The lowest BCUT2D eigenvalue weighted by Crippen LogP contribution is -2.56. The highest BCUT2D eigenvalue weighted by Gasteiger charge is 2.62. The molecule has 9 unspecified atom stereocenters. The molecule has 0 bridgehead atoms. The van der Waals surface area contributed by atoms with Crippen molar-refractivity contribution in [3.63, 3.8) is 0 Å². The molecule has 9 atom stereocenters. The summed E-state index contributed by atoms with van der Waals surface area (Å²) < 4.78 is 0. The second kappa shape index (κ2) is 7.69. The first kappa shape index (κ1) is 21.4. The molecule has 0 aromatic carbocycles. The van der Waals surface area contributed by atoms with Crippen molar-refractivity contribution in [2.75, 3.05) is 0 Å². The van der Waals surface area contributed by atoms with Gasteiger partial charge in [0.1, 0.15) is 5.78 Å². The van der Waals surface area contributed by atoms with E-state index >= 15 is 0 Å². The molecule has 1 heteroatoms. The molecule has 0 N–H and O–H groups in total. The average molecular weight is 397 g/mol. The minimum atomic E-state index is 0.219. The van der Waals surface area contributed by atoms with Crippen molar-refractivity contribution in [2.45, 2.75) is 86.5 Å². The van der Waals surface area contributed by atoms with E-state index < -0.39 is 0 Å². The second-order valence-corrected chi connectivity index (χ2v) is 12.1. The maximum atomic E-state index is 13.7. The van der Waals surface area contributed by atoms with E-state index in [9.17, 15) is 4.79 Å². The van der Waals surface area contributed by atoms with Crippen molar-refractivity contribution in [1.82, 2.24) is 0 Å². The van der Waals surface area contributed by atoms with Gasteiger partial charge in [0.25, 0.3) is 0 Å². The van der Waals surface area contributed by atoms with Crippen LogP contribution in [0, 0.1) is 58.2 Å².